The van der Waals surface area contributed by atoms with E-state index in [9.17, 15) is 0 Å². The van der Waals surface area contributed by atoms with Crippen molar-refractivity contribution >= 4 is 21.4 Å². The van der Waals surface area contributed by atoms with Crippen LogP contribution in [0.25, 0.3) is 16.9 Å². The number of imidazole rings is 1. The first-order valence-corrected chi connectivity index (χ1v) is 7.30. The van der Waals surface area contributed by atoms with Crippen molar-refractivity contribution in [1.82, 2.24) is 9.38 Å². The van der Waals surface area contributed by atoms with Gasteiger partial charge in [0, 0.05) is 17.3 Å². The normalized spacial score (nSPS) is 10.9. The number of nitrogens with zero attached hydrogens (tertiary/aromatic N) is 2. The molecule has 21 heavy (non-hydrogen) atoms. The molecule has 0 fully saturated rings. The van der Waals surface area contributed by atoms with E-state index in [0.717, 1.165) is 38.7 Å². The van der Waals surface area contributed by atoms with Gasteiger partial charge in [0.2, 0.25) is 0 Å². The topological polar surface area (TPSA) is 35.8 Å². The Labute approximate surface area is 131 Å². The summed E-state index contributed by atoms with van der Waals surface area (Å²) in [5.74, 6) is 2.34. The van der Waals surface area contributed by atoms with Gasteiger partial charge in [-0.05, 0) is 47.1 Å². The molecule has 4 nitrogen and oxygen atoms in total. The fraction of sp³-hybridized carbons (Fsp3) is 0.188. The van der Waals surface area contributed by atoms with Crippen LogP contribution in [0.15, 0.2) is 41.0 Å². The van der Waals surface area contributed by atoms with Gasteiger partial charge in [-0.3, -0.25) is 4.40 Å². The Balaban J connectivity index is 2.30. The molecule has 0 aliphatic heterocycles. The molecule has 0 aliphatic rings. The van der Waals surface area contributed by atoms with Crippen LogP contribution in [0.3, 0.4) is 0 Å². The molecule has 0 spiro atoms. The molecular weight excluding hydrogens is 332 g/mol. The molecule has 108 valence electrons. The van der Waals surface area contributed by atoms with Crippen LogP contribution in [-0.2, 0) is 0 Å². The van der Waals surface area contributed by atoms with Gasteiger partial charge in [0.15, 0.2) is 0 Å². The standard InChI is InChI=1S/C16H15BrN2O2/c1-10-5-4-6-14-15(17)18-16(19(10)14)11-7-12(20-2)9-13(8-11)21-3/h4-9H,1-3H3. The number of rotatable bonds is 3. The first-order valence-electron chi connectivity index (χ1n) is 6.51. The molecule has 0 atom stereocenters. The van der Waals surface area contributed by atoms with Crippen molar-refractivity contribution in [3.8, 4) is 22.9 Å². The summed E-state index contributed by atoms with van der Waals surface area (Å²) < 4.78 is 13.6. The van der Waals surface area contributed by atoms with Gasteiger partial charge < -0.3 is 9.47 Å². The highest BCUT2D eigenvalue weighted by molar-refractivity contribution is 9.10. The number of methoxy groups -OCH3 is 2. The molecule has 0 aliphatic carbocycles. The lowest BCUT2D eigenvalue weighted by Crippen LogP contribution is -1.95. The summed E-state index contributed by atoms with van der Waals surface area (Å²) in [4.78, 5) is 4.64. The maximum atomic E-state index is 5.34. The summed E-state index contributed by atoms with van der Waals surface area (Å²) in [6.07, 6.45) is 0. The molecule has 2 aromatic heterocycles. The summed E-state index contributed by atoms with van der Waals surface area (Å²) in [5.41, 5.74) is 3.09. The van der Waals surface area contributed by atoms with Crippen molar-refractivity contribution in [2.75, 3.05) is 14.2 Å². The molecule has 0 unspecified atom stereocenters. The molecule has 3 rings (SSSR count). The van der Waals surface area contributed by atoms with E-state index in [-0.39, 0.29) is 0 Å². The maximum Gasteiger partial charge on any atom is 0.146 e. The zero-order valence-corrected chi connectivity index (χ0v) is 13.6. The van der Waals surface area contributed by atoms with E-state index in [0.29, 0.717) is 0 Å². The molecule has 2 heterocycles. The predicted octanol–water partition coefficient (Wildman–Crippen LogP) is 4.09. The molecule has 0 amide bonds. The van der Waals surface area contributed by atoms with Crippen molar-refractivity contribution in [2.45, 2.75) is 6.92 Å². The average Bonchev–Trinajstić information content (AvgIpc) is 2.85. The fourth-order valence-electron chi connectivity index (χ4n) is 2.39. The van der Waals surface area contributed by atoms with Crippen molar-refractivity contribution in [3.63, 3.8) is 0 Å². The van der Waals surface area contributed by atoms with Gasteiger partial charge in [-0.25, -0.2) is 4.98 Å². The summed E-state index contributed by atoms with van der Waals surface area (Å²) in [6.45, 7) is 2.06. The monoisotopic (exact) mass is 346 g/mol. The molecule has 5 heteroatoms. The van der Waals surface area contributed by atoms with Crippen molar-refractivity contribution in [1.29, 1.82) is 0 Å². The summed E-state index contributed by atoms with van der Waals surface area (Å²) in [6, 6.07) is 11.9. The molecule has 0 saturated heterocycles. The third-order valence-corrected chi connectivity index (χ3v) is 4.01. The first-order chi connectivity index (χ1) is 10.1. The Bertz CT molecular complexity index is 789. The molecule has 0 radical (unpaired) electrons. The van der Waals surface area contributed by atoms with Crippen LogP contribution in [0.4, 0.5) is 0 Å². The first kappa shape index (κ1) is 13.9. The summed E-state index contributed by atoms with van der Waals surface area (Å²) >= 11 is 3.53. The minimum Gasteiger partial charge on any atom is -0.497 e. The van der Waals surface area contributed by atoms with E-state index in [2.05, 4.69) is 38.3 Å². The molecule has 0 bridgehead atoms. The van der Waals surface area contributed by atoms with Crippen LogP contribution in [0.5, 0.6) is 11.5 Å². The maximum absolute atomic E-state index is 5.34. The van der Waals surface area contributed by atoms with E-state index in [1.54, 1.807) is 14.2 Å². The summed E-state index contributed by atoms with van der Waals surface area (Å²) in [5, 5.41) is 0. The van der Waals surface area contributed by atoms with Gasteiger partial charge in [-0.2, -0.15) is 0 Å². The lowest BCUT2D eigenvalue weighted by Gasteiger charge is -2.09. The Morgan fingerprint density at radius 3 is 2.33 bits per heavy atom. The highest BCUT2D eigenvalue weighted by Gasteiger charge is 2.14. The van der Waals surface area contributed by atoms with E-state index in [1.165, 1.54) is 0 Å². The lowest BCUT2D eigenvalue weighted by molar-refractivity contribution is 0.394. The summed E-state index contributed by atoms with van der Waals surface area (Å²) in [7, 11) is 3.28. The third kappa shape index (κ3) is 2.38. The van der Waals surface area contributed by atoms with Crippen LogP contribution in [0.1, 0.15) is 5.69 Å². The van der Waals surface area contributed by atoms with Gasteiger partial charge in [0.1, 0.15) is 21.9 Å². The number of halogens is 1. The smallest absolute Gasteiger partial charge is 0.146 e. The Morgan fingerprint density at radius 2 is 1.71 bits per heavy atom. The molecule has 0 saturated carbocycles. The van der Waals surface area contributed by atoms with Crippen LogP contribution >= 0.6 is 15.9 Å². The number of pyridine rings is 1. The van der Waals surface area contributed by atoms with Gasteiger partial charge in [0.25, 0.3) is 0 Å². The minimum atomic E-state index is 0.741. The van der Waals surface area contributed by atoms with E-state index in [1.807, 2.05) is 30.3 Å². The second kappa shape index (κ2) is 5.41. The third-order valence-electron chi connectivity index (χ3n) is 3.42. The number of aryl methyl sites for hydroxylation is 1. The second-order valence-electron chi connectivity index (χ2n) is 4.72. The second-order valence-corrected chi connectivity index (χ2v) is 5.47. The zero-order chi connectivity index (χ0) is 15.0. The number of fused-ring (bicyclic) bond motifs is 1. The molecule has 3 aromatic rings. The van der Waals surface area contributed by atoms with E-state index in [4.69, 9.17) is 9.47 Å². The minimum absolute atomic E-state index is 0.741. The van der Waals surface area contributed by atoms with Crippen molar-refractivity contribution < 1.29 is 9.47 Å². The zero-order valence-electron chi connectivity index (χ0n) is 12.1. The Morgan fingerprint density at radius 1 is 1.05 bits per heavy atom. The van der Waals surface area contributed by atoms with Crippen LogP contribution in [-0.4, -0.2) is 23.6 Å². The molecular formula is C16H15BrN2O2. The van der Waals surface area contributed by atoms with Crippen molar-refractivity contribution in [2.24, 2.45) is 0 Å². The van der Waals surface area contributed by atoms with Crippen LogP contribution in [0.2, 0.25) is 0 Å². The molecule has 1 aromatic carbocycles. The van der Waals surface area contributed by atoms with Gasteiger partial charge in [-0.15, -0.1) is 0 Å². The van der Waals surface area contributed by atoms with Gasteiger partial charge in [0.05, 0.1) is 19.7 Å². The van der Waals surface area contributed by atoms with E-state index < -0.39 is 0 Å². The average molecular weight is 347 g/mol. The van der Waals surface area contributed by atoms with Crippen molar-refractivity contribution in [3.05, 3.63) is 46.7 Å². The fourth-order valence-corrected chi connectivity index (χ4v) is 2.87. The van der Waals surface area contributed by atoms with Gasteiger partial charge >= 0.3 is 0 Å². The number of hydrogen-bond acceptors (Lipinski definition) is 3. The van der Waals surface area contributed by atoms with E-state index >= 15 is 0 Å². The predicted molar refractivity (Wildman–Crippen MR) is 86.2 cm³/mol. The lowest BCUT2D eigenvalue weighted by atomic mass is 10.2. The van der Waals surface area contributed by atoms with Gasteiger partial charge in [-0.1, -0.05) is 6.07 Å². The highest BCUT2D eigenvalue weighted by Crippen LogP contribution is 2.32. The number of aromatic nitrogens is 2. The largest absolute Gasteiger partial charge is 0.497 e. The van der Waals surface area contributed by atoms with Crippen LogP contribution in [0, 0.1) is 6.92 Å². The highest BCUT2D eigenvalue weighted by atomic mass is 79.9. The Hall–Kier alpha value is -2.01. The molecule has 0 N–H and O–H groups in total. The SMILES string of the molecule is COc1cc(OC)cc(-c2nc(Br)c3cccc(C)n23)c1. The number of benzene rings is 1. The van der Waals surface area contributed by atoms with Crippen LogP contribution < -0.4 is 9.47 Å². The number of ether oxygens (including phenoxy) is 2. The Kier molecular flexibility index (Phi) is 3.59. The number of hydrogen-bond donors (Lipinski definition) is 0. The quantitative estimate of drug-likeness (QED) is 0.716.